The molecule has 1 aliphatic rings. The first-order valence-corrected chi connectivity index (χ1v) is 7.82. The van der Waals surface area contributed by atoms with Gasteiger partial charge in [0, 0.05) is 12.2 Å². The minimum absolute atomic E-state index is 0.112. The number of piperidine rings is 1. The molecule has 1 aromatic rings. The summed E-state index contributed by atoms with van der Waals surface area (Å²) in [5, 5.41) is 10.7. The first kappa shape index (κ1) is 13.2. The Balaban J connectivity index is 1.83. The van der Waals surface area contributed by atoms with E-state index in [1.165, 1.54) is 19.0 Å². The molecule has 1 fully saturated rings. The third kappa shape index (κ3) is 4.23. The van der Waals surface area contributed by atoms with E-state index in [0.717, 1.165) is 13.0 Å². The van der Waals surface area contributed by atoms with E-state index >= 15 is 0 Å². The van der Waals surface area contributed by atoms with Crippen molar-refractivity contribution in [1.82, 2.24) is 15.5 Å². The molecule has 0 bridgehead atoms. The van der Waals surface area contributed by atoms with E-state index in [4.69, 9.17) is 0 Å². The van der Waals surface area contributed by atoms with Crippen LogP contribution < -0.4 is 10.0 Å². The molecule has 0 aromatic carbocycles. The Kier molecular flexibility index (Phi) is 4.48. The summed E-state index contributed by atoms with van der Waals surface area (Å²) in [5.74, 6) is 0.385. The SMILES string of the molecule is O=S(=O)(CCC1CCCCN1)Nc1cccnn1. The molecule has 1 atom stereocenters. The van der Waals surface area contributed by atoms with Gasteiger partial charge in [-0.15, -0.1) is 5.10 Å². The van der Waals surface area contributed by atoms with Gasteiger partial charge in [0.25, 0.3) is 0 Å². The topological polar surface area (TPSA) is 84.0 Å². The molecule has 1 unspecified atom stereocenters. The molecule has 7 heteroatoms. The minimum atomic E-state index is -3.33. The van der Waals surface area contributed by atoms with E-state index in [1.54, 1.807) is 12.1 Å². The van der Waals surface area contributed by atoms with Crippen LogP contribution in [0.3, 0.4) is 0 Å². The maximum absolute atomic E-state index is 11.8. The number of nitrogens with zero attached hydrogens (tertiary/aromatic N) is 2. The normalized spacial score (nSPS) is 20.6. The molecule has 18 heavy (non-hydrogen) atoms. The van der Waals surface area contributed by atoms with Crippen molar-refractivity contribution in [2.24, 2.45) is 0 Å². The molecule has 0 spiro atoms. The summed E-state index contributed by atoms with van der Waals surface area (Å²) in [7, 11) is -3.33. The number of nitrogens with one attached hydrogen (secondary N) is 2. The summed E-state index contributed by atoms with van der Waals surface area (Å²) >= 11 is 0. The Morgan fingerprint density at radius 1 is 1.44 bits per heavy atom. The lowest BCUT2D eigenvalue weighted by atomic mass is 10.0. The molecule has 0 radical (unpaired) electrons. The van der Waals surface area contributed by atoms with Crippen molar-refractivity contribution < 1.29 is 8.42 Å². The predicted octanol–water partition coefficient (Wildman–Crippen LogP) is 0.750. The maximum atomic E-state index is 11.8. The van der Waals surface area contributed by atoms with Gasteiger partial charge in [0.15, 0.2) is 5.82 Å². The van der Waals surface area contributed by atoms with Gasteiger partial charge in [-0.2, -0.15) is 5.10 Å². The Labute approximate surface area is 107 Å². The zero-order valence-corrected chi connectivity index (χ0v) is 11.0. The number of aromatic nitrogens is 2. The van der Waals surface area contributed by atoms with Gasteiger partial charge in [0.2, 0.25) is 10.0 Å². The third-order valence-electron chi connectivity index (χ3n) is 2.98. The van der Waals surface area contributed by atoms with Crippen LogP contribution in [0.5, 0.6) is 0 Å². The predicted molar refractivity (Wildman–Crippen MR) is 69.7 cm³/mol. The number of hydrogen-bond acceptors (Lipinski definition) is 5. The minimum Gasteiger partial charge on any atom is -0.314 e. The van der Waals surface area contributed by atoms with E-state index in [-0.39, 0.29) is 11.6 Å². The van der Waals surface area contributed by atoms with Crippen LogP contribution in [0, 0.1) is 0 Å². The second kappa shape index (κ2) is 6.10. The molecule has 0 amide bonds. The van der Waals surface area contributed by atoms with Crippen molar-refractivity contribution in [1.29, 1.82) is 0 Å². The average molecular weight is 270 g/mol. The van der Waals surface area contributed by atoms with Gasteiger partial charge >= 0.3 is 0 Å². The number of hydrogen-bond donors (Lipinski definition) is 2. The molecule has 1 saturated heterocycles. The van der Waals surface area contributed by atoms with E-state index in [0.29, 0.717) is 12.5 Å². The van der Waals surface area contributed by atoms with E-state index < -0.39 is 10.0 Å². The van der Waals surface area contributed by atoms with Gasteiger partial charge < -0.3 is 5.32 Å². The lowest BCUT2D eigenvalue weighted by Crippen LogP contribution is -2.36. The van der Waals surface area contributed by atoms with Crippen molar-refractivity contribution in [2.75, 3.05) is 17.0 Å². The highest BCUT2D eigenvalue weighted by atomic mass is 32.2. The van der Waals surface area contributed by atoms with E-state index in [2.05, 4.69) is 20.2 Å². The second-order valence-electron chi connectivity index (χ2n) is 4.47. The zero-order valence-electron chi connectivity index (χ0n) is 10.2. The van der Waals surface area contributed by atoms with Gasteiger partial charge in [0.05, 0.1) is 5.75 Å². The first-order valence-electron chi connectivity index (χ1n) is 6.17. The Hall–Kier alpha value is -1.21. The highest BCUT2D eigenvalue weighted by Gasteiger charge is 2.17. The Morgan fingerprint density at radius 3 is 3.00 bits per heavy atom. The monoisotopic (exact) mass is 270 g/mol. The molecule has 2 heterocycles. The molecule has 1 aliphatic heterocycles. The van der Waals surface area contributed by atoms with Gasteiger partial charge in [-0.05, 0) is 37.9 Å². The van der Waals surface area contributed by atoms with Crippen molar-refractivity contribution in [3.8, 4) is 0 Å². The van der Waals surface area contributed by atoms with Crippen LogP contribution in [-0.4, -0.2) is 37.0 Å². The van der Waals surface area contributed by atoms with Crippen LogP contribution in [0.4, 0.5) is 5.82 Å². The molecular formula is C11H18N4O2S. The largest absolute Gasteiger partial charge is 0.314 e. The van der Waals surface area contributed by atoms with Crippen molar-refractivity contribution >= 4 is 15.8 Å². The Bertz CT molecular complexity index is 457. The summed E-state index contributed by atoms with van der Waals surface area (Å²) in [6.45, 7) is 0.988. The van der Waals surface area contributed by atoms with Gasteiger partial charge in [-0.1, -0.05) is 6.42 Å². The van der Waals surface area contributed by atoms with Crippen LogP contribution in [0.2, 0.25) is 0 Å². The number of rotatable bonds is 5. The molecule has 2 N–H and O–H groups in total. The van der Waals surface area contributed by atoms with Crippen molar-refractivity contribution in [2.45, 2.75) is 31.7 Å². The molecular weight excluding hydrogens is 252 g/mol. The van der Waals surface area contributed by atoms with Crippen molar-refractivity contribution in [3.63, 3.8) is 0 Å². The molecule has 0 aliphatic carbocycles. The second-order valence-corrected chi connectivity index (χ2v) is 6.31. The quantitative estimate of drug-likeness (QED) is 0.825. The third-order valence-corrected chi connectivity index (χ3v) is 4.27. The fourth-order valence-electron chi connectivity index (χ4n) is 2.03. The zero-order chi connectivity index (χ0) is 12.8. The lowest BCUT2D eigenvalue weighted by molar-refractivity contribution is 0.393. The standard InChI is InChI=1S/C11H18N4O2S/c16-18(17,15-11-5-3-8-13-14-11)9-6-10-4-1-2-7-12-10/h3,5,8,10,12H,1-2,4,6-7,9H2,(H,14,15). The van der Waals surface area contributed by atoms with Crippen LogP contribution in [0.1, 0.15) is 25.7 Å². The highest BCUT2D eigenvalue weighted by molar-refractivity contribution is 7.92. The van der Waals surface area contributed by atoms with E-state index in [9.17, 15) is 8.42 Å². The average Bonchev–Trinajstić information content (AvgIpc) is 2.38. The highest BCUT2D eigenvalue weighted by Crippen LogP contribution is 2.12. The number of anilines is 1. The first-order chi connectivity index (χ1) is 8.66. The maximum Gasteiger partial charge on any atom is 0.233 e. The van der Waals surface area contributed by atoms with Gasteiger partial charge in [-0.3, -0.25) is 4.72 Å². The van der Waals surface area contributed by atoms with Gasteiger partial charge in [0.1, 0.15) is 0 Å². The summed E-state index contributed by atoms with van der Waals surface area (Å²) in [6.07, 6.45) is 5.55. The molecule has 100 valence electrons. The summed E-state index contributed by atoms with van der Waals surface area (Å²) in [5.41, 5.74) is 0. The molecule has 6 nitrogen and oxygen atoms in total. The van der Waals surface area contributed by atoms with Crippen LogP contribution >= 0.6 is 0 Å². The summed E-state index contributed by atoms with van der Waals surface area (Å²) in [6, 6.07) is 3.55. The fraction of sp³-hybridized carbons (Fsp3) is 0.636. The van der Waals surface area contributed by atoms with Crippen LogP contribution in [0.25, 0.3) is 0 Å². The summed E-state index contributed by atoms with van der Waals surface area (Å²) in [4.78, 5) is 0. The molecule has 2 rings (SSSR count). The lowest BCUT2D eigenvalue weighted by Gasteiger charge is -2.23. The molecule has 0 saturated carbocycles. The van der Waals surface area contributed by atoms with Crippen molar-refractivity contribution in [3.05, 3.63) is 18.3 Å². The van der Waals surface area contributed by atoms with Gasteiger partial charge in [-0.25, -0.2) is 8.42 Å². The summed E-state index contributed by atoms with van der Waals surface area (Å²) < 4.78 is 26.1. The smallest absolute Gasteiger partial charge is 0.233 e. The van der Waals surface area contributed by atoms with Crippen LogP contribution in [0.15, 0.2) is 18.3 Å². The Morgan fingerprint density at radius 2 is 2.33 bits per heavy atom. The number of sulfonamides is 1. The van der Waals surface area contributed by atoms with E-state index in [1.807, 2.05) is 0 Å². The molecule has 1 aromatic heterocycles. The fourth-order valence-corrected chi connectivity index (χ4v) is 3.16. The van der Waals surface area contributed by atoms with Crippen LogP contribution in [-0.2, 0) is 10.0 Å².